The zero-order chi connectivity index (χ0) is 16.9. The first-order valence-electron chi connectivity index (χ1n) is 7.84. The number of anilines is 2. The van der Waals surface area contributed by atoms with E-state index in [0.717, 1.165) is 17.9 Å². The van der Waals surface area contributed by atoms with Gasteiger partial charge in [0.2, 0.25) is 0 Å². The van der Waals surface area contributed by atoms with E-state index < -0.39 is 0 Å². The van der Waals surface area contributed by atoms with Crippen molar-refractivity contribution in [3.63, 3.8) is 0 Å². The van der Waals surface area contributed by atoms with Crippen LogP contribution in [0, 0.1) is 6.92 Å². The van der Waals surface area contributed by atoms with Crippen LogP contribution in [0.2, 0.25) is 0 Å². The van der Waals surface area contributed by atoms with E-state index in [9.17, 15) is 4.79 Å². The van der Waals surface area contributed by atoms with Crippen LogP contribution < -0.4 is 10.6 Å². The molecule has 0 fully saturated rings. The van der Waals surface area contributed by atoms with Crippen LogP contribution >= 0.6 is 0 Å². The van der Waals surface area contributed by atoms with E-state index in [1.165, 1.54) is 5.56 Å². The largest absolute Gasteiger partial charge is 0.328 e. The minimum atomic E-state index is -0.315. The topological polar surface area (TPSA) is 87.6 Å². The third kappa shape index (κ3) is 3.45. The molecule has 2 amide bonds. The van der Waals surface area contributed by atoms with Gasteiger partial charge in [0.25, 0.3) is 0 Å². The second kappa shape index (κ2) is 6.99. The molecule has 3 N–H and O–H groups in total. The van der Waals surface area contributed by atoms with Gasteiger partial charge in [0, 0.05) is 24.1 Å². The molecule has 0 aliphatic rings. The van der Waals surface area contributed by atoms with E-state index in [1.807, 2.05) is 43.6 Å². The van der Waals surface area contributed by atoms with Gasteiger partial charge >= 0.3 is 6.03 Å². The van der Waals surface area contributed by atoms with Gasteiger partial charge in [-0.25, -0.2) is 9.78 Å². The zero-order valence-electron chi connectivity index (χ0n) is 13.7. The van der Waals surface area contributed by atoms with Crippen LogP contribution in [0.3, 0.4) is 0 Å². The fraction of sp³-hybridized carbons (Fsp3) is 0.235. The third-order valence-corrected chi connectivity index (χ3v) is 3.89. The monoisotopic (exact) mass is 324 g/mol. The number of benzene rings is 1. The van der Waals surface area contributed by atoms with Gasteiger partial charge in [0.05, 0.1) is 12.2 Å². The molecule has 124 valence electrons. The fourth-order valence-corrected chi connectivity index (χ4v) is 2.71. The van der Waals surface area contributed by atoms with Crippen molar-refractivity contribution in [2.24, 2.45) is 0 Å². The van der Waals surface area contributed by atoms with Crippen LogP contribution in [0.1, 0.15) is 30.8 Å². The second-order valence-electron chi connectivity index (χ2n) is 5.48. The standard InChI is InChI=1S/C17H20N6O/c1-3-15(23-11-10-18-12(23)2)13-4-6-14(7-5-13)20-17(24)21-16-8-9-19-22-16/h4-11,15H,3H2,1-2H3,(H3,19,20,21,22,24)/t15-/m0/s1. The number of aryl methyl sites for hydroxylation is 1. The van der Waals surface area contributed by atoms with Gasteiger partial charge in [0.1, 0.15) is 11.6 Å². The van der Waals surface area contributed by atoms with E-state index in [0.29, 0.717) is 5.82 Å². The summed E-state index contributed by atoms with van der Waals surface area (Å²) in [6, 6.07) is 9.46. The predicted molar refractivity (Wildman–Crippen MR) is 93.1 cm³/mol. The van der Waals surface area contributed by atoms with Crippen LogP contribution in [-0.2, 0) is 0 Å². The maximum atomic E-state index is 11.9. The fourth-order valence-electron chi connectivity index (χ4n) is 2.71. The molecule has 2 aromatic heterocycles. The number of amides is 2. The van der Waals surface area contributed by atoms with Crippen molar-refractivity contribution in [3.8, 4) is 0 Å². The molecule has 3 aromatic rings. The van der Waals surface area contributed by atoms with Crippen molar-refractivity contribution in [2.75, 3.05) is 10.6 Å². The van der Waals surface area contributed by atoms with Gasteiger partial charge in [-0.2, -0.15) is 5.10 Å². The molecule has 1 atom stereocenters. The number of rotatable bonds is 5. The Hall–Kier alpha value is -3.09. The molecule has 0 spiro atoms. The SMILES string of the molecule is CC[C@@H](c1ccc(NC(=O)Nc2ccn[nH]2)cc1)n1ccnc1C. The Labute approximate surface area is 140 Å². The zero-order valence-corrected chi connectivity index (χ0v) is 13.7. The third-order valence-electron chi connectivity index (χ3n) is 3.89. The van der Waals surface area contributed by atoms with Crippen molar-refractivity contribution in [1.29, 1.82) is 0 Å². The number of hydrogen-bond acceptors (Lipinski definition) is 3. The highest BCUT2D eigenvalue weighted by Crippen LogP contribution is 2.24. The van der Waals surface area contributed by atoms with E-state index in [-0.39, 0.29) is 12.1 Å². The highest BCUT2D eigenvalue weighted by atomic mass is 16.2. The summed E-state index contributed by atoms with van der Waals surface area (Å²) in [6.07, 6.45) is 6.35. The molecule has 1 aromatic carbocycles. The van der Waals surface area contributed by atoms with Crippen molar-refractivity contribution in [3.05, 3.63) is 60.3 Å². The molecule has 3 rings (SSSR count). The number of carbonyl (C=O) groups excluding carboxylic acids is 1. The average molecular weight is 324 g/mol. The molecule has 0 unspecified atom stereocenters. The molecule has 0 saturated heterocycles. The van der Waals surface area contributed by atoms with Gasteiger partial charge in [-0.1, -0.05) is 19.1 Å². The molecular weight excluding hydrogens is 304 g/mol. The Morgan fingerprint density at radius 3 is 2.58 bits per heavy atom. The van der Waals surface area contributed by atoms with Crippen molar-refractivity contribution in [1.82, 2.24) is 19.7 Å². The number of aromatic amines is 1. The Kier molecular flexibility index (Phi) is 4.60. The molecule has 0 radical (unpaired) electrons. The number of H-pyrrole nitrogens is 1. The summed E-state index contributed by atoms with van der Waals surface area (Å²) in [5, 5.41) is 11.9. The normalized spacial score (nSPS) is 11.9. The second-order valence-corrected chi connectivity index (χ2v) is 5.48. The lowest BCUT2D eigenvalue weighted by Gasteiger charge is -2.19. The summed E-state index contributed by atoms with van der Waals surface area (Å²) in [5.74, 6) is 1.54. The lowest BCUT2D eigenvalue weighted by Crippen LogP contribution is -2.19. The van der Waals surface area contributed by atoms with Crippen LogP contribution in [0.15, 0.2) is 48.9 Å². The quantitative estimate of drug-likeness (QED) is 0.670. The molecule has 0 bridgehead atoms. The number of urea groups is 1. The Morgan fingerprint density at radius 1 is 1.21 bits per heavy atom. The lowest BCUT2D eigenvalue weighted by atomic mass is 10.0. The van der Waals surface area contributed by atoms with E-state index in [4.69, 9.17) is 0 Å². The maximum Gasteiger partial charge on any atom is 0.324 e. The van der Waals surface area contributed by atoms with E-state index in [1.54, 1.807) is 12.3 Å². The number of hydrogen-bond donors (Lipinski definition) is 3. The Balaban J connectivity index is 1.68. The van der Waals surface area contributed by atoms with Crippen molar-refractivity contribution in [2.45, 2.75) is 26.3 Å². The van der Waals surface area contributed by atoms with Gasteiger partial charge in [-0.3, -0.25) is 10.4 Å². The number of carbonyl (C=O) groups is 1. The van der Waals surface area contributed by atoms with Crippen LogP contribution in [0.25, 0.3) is 0 Å². The summed E-state index contributed by atoms with van der Waals surface area (Å²) in [4.78, 5) is 16.2. The maximum absolute atomic E-state index is 11.9. The first-order valence-corrected chi connectivity index (χ1v) is 7.84. The number of nitrogens with zero attached hydrogens (tertiary/aromatic N) is 3. The predicted octanol–water partition coefficient (Wildman–Crippen LogP) is 3.56. The summed E-state index contributed by atoms with van der Waals surface area (Å²) in [7, 11) is 0. The Morgan fingerprint density at radius 2 is 2.00 bits per heavy atom. The molecule has 7 nitrogen and oxygen atoms in total. The molecule has 7 heteroatoms. The first-order chi connectivity index (χ1) is 11.7. The molecule has 24 heavy (non-hydrogen) atoms. The average Bonchev–Trinajstić information content (AvgIpc) is 3.22. The minimum Gasteiger partial charge on any atom is -0.328 e. The van der Waals surface area contributed by atoms with Gasteiger partial charge in [-0.05, 0) is 31.0 Å². The summed E-state index contributed by atoms with van der Waals surface area (Å²) < 4.78 is 2.16. The van der Waals surface area contributed by atoms with Crippen molar-refractivity contribution < 1.29 is 4.79 Å². The van der Waals surface area contributed by atoms with E-state index in [2.05, 4.69) is 37.3 Å². The number of imidazole rings is 1. The van der Waals surface area contributed by atoms with Crippen LogP contribution in [-0.4, -0.2) is 25.8 Å². The number of aromatic nitrogens is 4. The minimum absolute atomic E-state index is 0.236. The summed E-state index contributed by atoms with van der Waals surface area (Å²) in [6.45, 7) is 4.15. The highest BCUT2D eigenvalue weighted by Gasteiger charge is 2.13. The molecular formula is C17H20N6O. The van der Waals surface area contributed by atoms with Gasteiger partial charge in [-0.15, -0.1) is 0 Å². The van der Waals surface area contributed by atoms with E-state index >= 15 is 0 Å². The summed E-state index contributed by atoms with van der Waals surface area (Å²) in [5.41, 5.74) is 1.91. The van der Waals surface area contributed by atoms with Gasteiger partial charge in [0.15, 0.2) is 0 Å². The molecule has 0 aliphatic carbocycles. The Bertz CT molecular complexity index is 791. The molecule has 2 heterocycles. The number of nitrogens with one attached hydrogen (secondary N) is 3. The van der Waals surface area contributed by atoms with Crippen molar-refractivity contribution >= 4 is 17.5 Å². The molecule has 0 aliphatic heterocycles. The van der Waals surface area contributed by atoms with Crippen LogP contribution in [0.4, 0.5) is 16.3 Å². The first kappa shape index (κ1) is 15.8. The highest BCUT2D eigenvalue weighted by molar-refractivity contribution is 5.99. The smallest absolute Gasteiger partial charge is 0.324 e. The lowest BCUT2D eigenvalue weighted by molar-refractivity contribution is 0.262. The molecule has 0 saturated carbocycles. The summed E-state index contributed by atoms with van der Waals surface area (Å²) >= 11 is 0. The van der Waals surface area contributed by atoms with Crippen LogP contribution in [0.5, 0.6) is 0 Å². The van der Waals surface area contributed by atoms with Gasteiger partial charge < -0.3 is 9.88 Å².